The van der Waals surface area contributed by atoms with E-state index in [1.165, 1.54) is 5.56 Å². The second kappa shape index (κ2) is 5.93. The van der Waals surface area contributed by atoms with Crippen molar-refractivity contribution >= 4 is 15.9 Å². The second-order valence-corrected chi connectivity index (χ2v) is 4.79. The zero-order chi connectivity index (χ0) is 12.1. The lowest BCUT2D eigenvalue weighted by atomic mass is 10.1. The molecular formula is C12H15BrN4. The predicted octanol–water partition coefficient (Wildman–Crippen LogP) is 2.39. The topological polar surface area (TPSA) is 42.7 Å². The van der Waals surface area contributed by atoms with E-state index in [2.05, 4.69) is 38.3 Å². The average Bonchev–Trinajstić information content (AvgIpc) is 2.76. The van der Waals surface area contributed by atoms with Crippen molar-refractivity contribution in [3.05, 3.63) is 47.0 Å². The molecule has 0 radical (unpaired) electrons. The van der Waals surface area contributed by atoms with Gasteiger partial charge < -0.3 is 5.32 Å². The molecule has 4 nitrogen and oxygen atoms in total. The van der Waals surface area contributed by atoms with Gasteiger partial charge in [0.15, 0.2) is 0 Å². The molecule has 5 heteroatoms. The molecule has 17 heavy (non-hydrogen) atoms. The monoisotopic (exact) mass is 294 g/mol. The maximum Gasteiger partial charge on any atom is 0.0632 e. The van der Waals surface area contributed by atoms with Crippen molar-refractivity contribution in [2.75, 3.05) is 6.54 Å². The van der Waals surface area contributed by atoms with Gasteiger partial charge >= 0.3 is 0 Å². The molecule has 1 unspecified atom stereocenters. The lowest BCUT2D eigenvalue weighted by molar-refractivity contribution is 0.507. The highest BCUT2D eigenvalue weighted by atomic mass is 79.9. The summed E-state index contributed by atoms with van der Waals surface area (Å²) in [5.74, 6) is 0. The summed E-state index contributed by atoms with van der Waals surface area (Å²) >= 11 is 3.38. The van der Waals surface area contributed by atoms with Crippen LogP contribution in [0.4, 0.5) is 0 Å². The molecule has 90 valence electrons. The summed E-state index contributed by atoms with van der Waals surface area (Å²) in [6, 6.07) is 4.39. The Balaban J connectivity index is 1.79. The van der Waals surface area contributed by atoms with Crippen LogP contribution in [0, 0.1) is 0 Å². The quantitative estimate of drug-likeness (QED) is 0.921. The van der Waals surface area contributed by atoms with Gasteiger partial charge in [-0.2, -0.15) is 5.10 Å². The van der Waals surface area contributed by atoms with Crippen LogP contribution in [0.5, 0.6) is 0 Å². The van der Waals surface area contributed by atoms with Crippen molar-refractivity contribution in [3.63, 3.8) is 0 Å². The standard InChI is InChI=1S/C12H15BrN4/c1-10(11-2-4-14-5-3-11)15-6-7-17-9-12(13)8-16-17/h2-5,8-10,15H,6-7H2,1H3. The van der Waals surface area contributed by atoms with E-state index in [0.29, 0.717) is 6.04 Å². The van der Waals surface area contributed by atoms with E-state index in [0.717, 1.165) is 17.6 Å². The normalized spacial score (nSPS) is 12.6. The molecule has 2 aromatic heterocycles. The van der Waals surface area contributed by atoms with Crippen LogP contribution in [0.2, 0.25) is 0 Å². The van der Waals surface area contributed by atoms with Gasteiger partial charge in [-0.15, -0.1) is 0 Å². The van der Waals surface area contributed by atoms with Gasteiger partial charge in [-0.3, -0.25) is 9.67 Å². The molecule has 0 spiro atoms. The molecule has 1 atom stereocenters. The fraction of sp³-hybridized carbons (Fsp3) is 0.333. The maximum atomic E-state index is 4.21. The van der Waals surface area contributed by atoms with Gasteiger partial charge in [-0.05, 0) is 40.5 Å². The van der Waals surface area contributed by atoms with E-state index in [9.17, 15) is 0 Å². The van der Waals surface area contributed by atoms with Crippen molar-refractivity contribution in [1.29, 1.82) is 0 Å². The number of nitrogens with zero attached hydrogens (tertiary/aromatic N) is 3. The number of pyridine rings is 1. The molecule has 0 saturated carbocycles. The minimum absolute atomic E-state index is 0.331. The highest BCUT2D eigenvalue weighted by molar-refractivity contribution is 9.10. The molecule has 0 aliphatic rings. The lowest BCUT2D eigenvalue weighted by Gasteiger charge is -2.13. The van der Waals surface area contributed by atoms with E-state index in [4.69, 9.17) is 0 Å². The van der Waals surface area contributed by atoms with Gasteiger partial charge in [0.05, 0.1) is 17.2 Å². The second-order valence-electron chi connectivity index (χ2n) is 3.88. The third-order valence-electron chi connectivity index (χ3n) is 2.60. The summed E-state index contributed by atoms with van der Waals surface area (Å²) in [5.41, 5.74) is 1.25. The number of hydrogen-bond donors (Lipinski definition) is 1. The summed E-state index contributed by atoms with van der Waals surface area (Å²) in [7, 11) is 0. The summed E-state index contributed by atoms with van der Waals surface area (Å²) in [5, 5.41) is 7.66. The Morgan fingerprint density at radius 2 is 2.18 bits per heavy atom. The number of nitrogens with one attached hydrogen (secondary N) is 1. The predicted molar refractivity (Wildman–Crippen MR) is 70.6 cm³/mol. The Bertz CT molecular complexity index is 455. The summed E-state index contributed by atoms with van der Waals surface area (Å²) < 4.78 is 2.93. The summed E-state index contributed by atoms with van der Waals surface area (Å²) in [4.78, 5) is 4.01. The fourth-order valence-corrected chi connectivity index (χ4v) is 1.95. The van der Waals surface area contributed by atoms with Crippen LogP contribution >= 0.6 is 15.9 Å². The van der Waals surface area contributed by atoms with E-state index >= 15 is 0 Å². The Morgan fingerprint density at radius 3 is 2.82 bits per heavy atom. The molecule has 0 aliphatic carbocycles. The molecule has 0 aliphatic heterocycles. The molecule has 0 aromatic carbocycles. The highest BCUT2D eigenvalue weighted by Gasteiger charge is 2.03. The SMILES string of the molecule is CC(NCCn1cc(Br)cn1)c1ccncc1. The van der Waals surface area contributed by atoms with Gasteiger partial charge in [0, 0.05) is 31.2 Å². The van der Waals surface area contributed by atoms with E-state index in [1.807, 2.05) is 35.4 Å². The van der Waals surface area contributed by atoms with E-state index in [-0.39, 0.29) is 0 Å². The number of aromatic nitrogens is 3. The van der Waals surface area contributed by atoms with Crippen LogP contribution in [-0.2, 0) is 6.54 Å². The first-order valence-corrected chi connectivity index (χ1v) is 6.36. The minimum atomic E-state index is 0.331. The van der Waals surface area contributed by atoms with E-state index < -0.39 is 0 Å². The first-order valence-electron chi connectivity index (χ1n) is 5.57. The van der Waals surface area contributed by atoms with Gasteiger partial charge in [0.2, 0.25) is 0 Å². The third-order valence-corrected chi connectivity index (χ3v) is 3.01. The molecule has 2 rings (SSSR count). The first kappa shape index (κ1) is 12.3. The molecule has 0 bridgehead atoms. The molecule has 0 fully saturated rings. The molecule has 2 heterocycles. The first-order chi connectivity index (χ1) is 8.25. The Labute approximate surface area is 109 Å². The average molecular weight is 295 g/mol. The Kier molecular flexibility index (Phi) is 4.28. The van der Waals surface area contributed by atoms with Crippen molar-refractivity contribution < 1.29 is 0 Å². The fourth-order valence-electron chi connectivity index (χ4n) is 1.63. The van der Waals surface area contributed by atoms with Gasteiger partial charge in [0.1, 0.15) is 0 Å². The van der Waals surface area contributed by atoms with Crippen LogP contribution < -0.4 is 5.32 Å². The smallest absolute Gasteiger partial charge is 0.0632 e. The van der Waals surface area contributed by atoms with Crippen molar-refractivity contribution in [2.45, 2.75) is 19.5 Å². The Hall–Kier alpha value is -1.20. The van der Waals surface area contributed by atoms with Crippen LogP contribution in [0.25, 0.3) is 0 Å². The molecule has 0 saturated heterocycles. The molecule has 2 aromatic rings. The largest absolute Gasteiger partial charge is 0.308 e. The van der Waals surface area contributed by atoms with Gasteiger partial charge in [-0.25, -0.2) is 0 Å². The molecular weight excluding hydrogens is 280 g/mol. The number of rotatable bonds is 5. The van der Waals surface area contributed by atoms with Gasteiger partial charge in [0.25, 0.3) is 0 Å². The van der Waals surface area contributed by atoms with Crippen LogP contribution in [0.3, 0.4) is 0 Å². The summed E-state index contributed by atoms with van der Waals surface area (Å²) in [6.45, 7) is 3.90. The van der Waals surface area contributed by atoms with E-state index in [1.54, 1.807) is 6.20 Å². The van der Waals surface area contributed by atoms with Crippen molar-refractivity contribution in [3.8, 4) is 0 Å². The molecule has 1 N–H and O–H groups in total. The highest BCUT2D eigenvalue weighted by Crippen LogP contribution is 2.10. The third kappa shape index (κ3) is 3.64. The van der Waals surface area contributed by atoms with Crippen LogP contribution in [0.1, 0.15) is 18.5 Å². The number of hydrogen-bond acceptors (Lipinski definition) is 3. The zero-order valence-electron chi connectivity index (χ0n) is 9.68. The minimum Gasteiger partial charge on any atom is -0.308 e. The van der Waals surface area contributed by atoms with Crippen LogP contribution in [-0.4, -0.2) is 21.3 Å². The van der Waals surface area contributed by atoms with Crippen LogP contribution in [0.15, 0.2) is 41.4 Å². The molecule has 0 amide bonds. The summed E-state index contributed by atoms with van der Waals surface area (Å²) in [6.07, 6.45) is 7.40. The van der Waals surface area contributed by atoms with Crippen molar-refractivity contribution in [1.82, 2.24) is 20.1 Å². The van der Waals surface area contributed by atoms with Gasteiger partial charge in [-0.1, -0.05) is 0 Å². The lowest BCUT2D eigenvalue weighted by Crippen LogP contribution is -2.23. The van der Waals surface area contributed by atoms with Crippen molar-refractivity contribution in [2.24, 2.45) is 0 Å². The number of halogens is 1. The Morgan fingerprint density at radius 1 is 1.41 bits per heavy atom. The zero-order valence-corrected chi connectivity index (χ0v) is 11.3. The maximum absolute atomic E-state index is 4.21.